The van der Waals surface area contributed by atoms with E-state index in [1.807, 2.05) is 0 Å². The second-order valence-corrected chi connectivity index (χ2v) is 8.47. The van der Waals surface area contributed by atoms with E-state index in [9.17, 15) is 0 Å². The van der Waals surface area contributed by atoms with Gasteiger partial charge >= 0.3 is 0 Å². The van der Waals surface area contributed by atoms with Crippen LogP contribution in [0.5, 0.6) is 11.5 Å². The number of piperidine rings is 3. The third-order valence-electron chi connectivity index (χ3n) is 7.11. The lowest BCUT2D eigenvalue weighted by molar-refractivity contribution is -0.00757. The number of hydrogen-bond acceptors (Lipinski definition) is 4. The average molecular weight is 326 g/mol. The van der Waals surface area contributed by atoms with E-state index in [2.05, 4.69) is 28.0 Å². The molecule has 6 aliphatic rings. The number of ether oxygens (including phenoxy) is 2. The molecule has 128 valence electrons. The van der Waals surface area contributed by atoms with Crippen LogP contribution in [0.4, 0.5) is 0 Å². The van der Waals surface area contributed by atoms with Gasteiger partial charge in [0.25, 0.3) is 0 Å². The second-order valence-electron chi connectivity index (χ2n) is 8.47. The van der Waals surface area contributed by atoms with Crippen molar-refractivity contribution >= 4 is 0 Å². The summed E-state index contributed by atoms with van der Waals surface area (Å²) in [6, 6.07) is 8.18. The lowest BCUT2D eigenvalue weighted by Gasteiger charge is -2.51. The number of likely N-dealkylation sites (tertiary alicyclic amines) is 1. The monoisotopic (exact) mass is 326 g/mol. The minimum absolute atomic E-state index is 0.373. The summed E-state index contributed by atoms with van der Waals surface area (Å²) < 4.78 is 11.2. The summed E-state index contributed by atoms with van der Waals surface area (Å²) in [7, 11) is 0. The Morgan fingerprint density at radius 2 is 1.79 bits per heavy atom. The van der Waals surface area contributed by atoms with Crippen LogP contribution in [0.1, 0.15) is 37.2 Å². The molecule has 0 N–H and O–H groups in total. The van der Waals surface area contributed by atoms with Gasteiger partial charge in [0, 0.05) is 31.1 Å². The molecule has 2 bridgehead atoms. The first kappa shape index (κ1) is 14.0. The third-order valence-corrected chi connectivity index (χ3v) is 7.11. The van der Waals surface area contributed by atoms with Crippen molar-refractivity contribution in [2.45, 2.75) is 43.7 Å². The first-order valence-electron chi connectivity index (χ1n) is 9.74. The van der Waals surface area contributed by atoms with Gasteiger partial charge in [0.2, 0.25) is 6.79 Å². The van der Waals surface area contributed by atoms with Crippen LogP contribution in [-0.4, -0.2) is 54.9 Å². The third kappa shape index (κ3) is 2.05. The average Bonchev–Trinajstić information content (AvgIpc) is 3.17. The van der Waals surface area contributed by atoms with E-state index in [1.54, 1.807) is 0 Å². The molecule has 7 rings (SSSR count). The van der Waals surface area contributed by atoms with Gasteiger partial charge in [-0.05, 0) is 68.3 Å². The zero-order chi connectivity index (χ0) is 15.7. The van der Waals surface area contributed by atoms with E-state index >= 15 is 0 Å². The van der Waals surface area contributed by atoms with Gasteiger partial charge in [-0.1, -0.05) is 6.07 Å². The van der Waals surface area contributed by atoms with Gasteiger partial charge in [0.1, 0.15) is 0 Å². The zero-order valence-corrected chi connectivity index (χ0v) is 14.2. The molecule has 4 nitrogen and oxygen atoms in total. The zero-order valence-electron chi connectivity index (χ0n) is 14.2. The predicted molar refractivity (Wildman–Crippen MR) is 91.5 cm³/mol. The molecule has 1 aliphatic carbocycles. The molecule has 4 heteroatoms. The molecule has 5 fully saturated rings. The van der Waals surface area contributed by atoms with Crippen LogP contribution in [0.25, 0.3) is 0 Å². The molecular weight excluding hydrogens is 300 g/mol. The topological polar surface area (TPSA) is 24.9 Å². The molecule has 4 saturated heterocycles. The van der Waals surface area contributed by atoms with Gasteiger partial charge in [-0.2, -0.15) is 0 Å². The molecule has 0 radical (unpaired) electrons. The predicted octanol–water partition coefficient (Wildman–Crippen LogP) is 2.69. The Kier molecular flexibility index (Phi) is 2.98. The van der Waals surface area contributed by atoms with Crippen molar-refractivity contribution in [3.05, 3.63) is 23.8 Å². The molecule has 1 aromatic rings. The van der Waals surface area contributed by atoms with Crippen LogP contribution in [0.2, 0.25) is 0 Å². The minimum Gasteiger partial charge on any atom is -0.454 e. The van der Waals surface area contributed by atoms with Crippen LogP contribution >= 0.6 is 0 Å². The summed E-state index contributed by atoms with van der Waals surface area (Å²) in [6.07, 6.45) is 5.74. The van der Waals surface area contributed by atoms with Gasteiger partial charge < -0.3 is 9.47 Å². The molecule has 0 spiro atoms. The Balaban J connectivity index is 1.35. The number of fused-ring (bicyclic) bond motifs is 3. The first-order chi connectivity index (χ1) is 11.9. The first-order valence-corrected chi connectivity index (χ1v) is 9.74. The SMILES string of the molecule is c1cc2c(cc1[C@H]1CN(CC3CC3)[C@H]3C4CCN(CC4)[C@@H]13)OCO2. The Morgan fingerprint density at radius 1 is 0.958 bits per heavy atom. The highest BCUT2D eigenvalue weighted by Gasteiger charge is 2.53. The van der Waals surface area contributed by atoms with Gasteiger partial charge in [-0.15, -0.1) is 0 Å². The van der Waals surface area contributed by atoms with E-state index in [-0.39, 0.29) is 0 Å². The van der Waals surface area contributed by atoms with E-state index in [4.69, 9.17) is 9.47 Å². The van der Waals surface area contributed by atoms with Gasteiger partial charge in [-0.3, -0.25) is 9.80 Å². The van der Waals surface area contributed by atoms with Crippen molar-refractivity contribution < 1.29 is 9.47 Å². The summed E-state index contributed by atoms with van der Waals surface area (Å²) >= 11 is 0. The van der Waals surface area contributed by atoms with E-state index in [0.29, 0.717) is 12.7 Å². The van der Waals surface area contributed by atoms with Crippen molar-refractivity contribution in [1.82, 2.24) is 9.80 Å². The summed E-state index contributed by atoms with van der Waals surface area (Å²) in [5.74, 6) is 4.40. The van der Waals surface area contributed by atoms with Crippen molar-refractivity contribution in [1.29, 1.82) is 0 Å². The van der Waals surface area contributed by atoms with Crippen LogP contribution in [0, 0.1) is 11.8 Å². The lowest BCUT2D eigenvalue weighted by atomic mass is 9.75. The summed E-state index contributed by atoms with van der Waals surface area (Å²) in [5, 5.41) is 0. The minimum atomic E-state index is 0.373. The van der Waals surface area contributed by atoms with Gasteiger partial charge in [0.15, 0.2) is 11.5 Å². The highest BCUT2D eigenvalue weighted by molar-refractivity contribution is 5.46. The van der Waals surface area contributed by atoms with Crippen molar-refractivity contribution in [3.8, 4) is 11.5 Å². The summed E-state index contributed by atoms with van der Waals surface area (Å²) in [6.45, 7) is 5.57. The maximum absolute atomic E-state index is 5.65. The number of benzene rings is 1. The standard InChI is InChI=1S/C20H26N2O2/c1-2-13(1)10-22-11-16(15-3-4-17-18(9-15)24-12-23-17)20-19(22)14-5-7-21(20)8-6-14/h3-4,9,13-14,16,19-20H,1-2,5-8,10-12H2/t16-,19+,20+/m1/s1. The molecule has 0 amide bonds. The number of hydrogen-bond donors (Lipinski definition) is 0. The van der Waals surface area contributed by atoms with Crippen LogP contribution < -0.4 is 9.47 Å². The summed E-state index contributed by atoms with van der Waals surface area (Å²) in [4.78, 5) is 5.67. The Morgan fingerprint density at radius 3 is 2.62 bits per heavy atom. The highest BCUT2D eigenvalue weighted by atomic mass is 16.7. The van der Waals surface area contributed by atoms with E-state index in [1.165, 1.54) is 57.4 Å². The molecule has 3 atom stereocenters. The summed E-state index contributed by atoms with van der Waals surface area (Å²) in [5.41, 5.74) is 1.46. The molecular formula is C20H26N2O2. The van der Waals surface area contributed by atoms with Crippen LogP contribution in [-0.2, 0) is 0 Å². The number of rotatable bonds is 3. The van der Waals surface area contributed by atoms with Crippen LogP contribution in [0.3, 0.4) is 0 Å². The quantitative estimate of drug-likeness (QED) is 0.853. The fraction of sp³-hybridized carbons (Fsp3) is 0.700. The highest BCUT2D eigenvalue weighted by Crippen LogP contribution is 2.48. The smallest absolute Gasteiger partial charge is 0.231 e. The Bertz CT molecular complexity index is 651. The van der Waals surface area contributed by atoms with Crippen LogP contribution in [0.15, 0.2) is 18.2 Å². The Labute approximate surface area is 143 Å². The molecule has 24 heavy (non-hydrogen) atoms. The maximum atomic E-state index is 5.65. The fourth-order valence-corrected chi connectivity index (χ4v) is 5.82. The number of nitrogens with zero attached hydrogens (tertiary/aromatic N) is 2. The van der Waals surface area contributed by atoms with Gasteiger partial charge in [-0.25, -0.2) is 0 Å². The molecule has 1 saturated carbocycles. The molecule has 5 aliphatic heterocycles. The molecule has 0 aromatic heterocycles. The molecule has 1 aromatic carbocycles. The Hall–Kier alpha value is -1.26. The molecule has 5 heterocycles. The lowest BCUT2D eigenvalue weighted by Crippen LogP contribution is -2.60. The fourth-order valence-electron chi connectivity index (χ4n) is 5.82. The maximum Gasteiger partial charge on any atom is 0.231 e. The van der Waals surface area contributed by atoms with E-state index < -0.39 is 0 Å². The van der Waals surface area contributed by atoms with Gasteiger partial charge in [0.05, 0.1) is 0 Å². The largest absolute Gasteiger partial charge is 0.454 e. The van der Waals surface area contributed by atoms with E-state index in [0.717, 1.165) is 35.4 Å². The van der Waals surface area contributed by atoms with Crippen molar-refractivity contribution in [3.63, 3.8) is 0 Å². The molecule has 0 unspecified atom stereocenters. The normalized spacial score (nSPS) is 40.1. The van der Waals surface area contributed by atoms with Crippen molar-refractivity contribution in [2.24, 2.45) is 11.8 Å². The van der Waals surface area contributed by atoms with Crippen molar-refractivity contribution in [2.75, 3.05) is 33.0 Å². The second kappa shape index (κ2) is 5.12.